The zero-order valence-electron chi connectivity index (χ0n) is 12.4. The monoisotopic (exact) mass is 291 g/mol. The number of aliphatic hydroxyl groups is 3. The molecule has 3 N–H and O–H groups in total. The van der Waals surface area contributed by atoms with Crippen molar-refractivity contribution >= 4 is 11.0 Å². The molecule has 0 spiro atoms. The van der Waals surface area contributed by atoms with Gasteiger partial charge >= 0.3 is 0 Å². The molecular weight excluding hydrogens is 270 g/mol. The molecule has 1 saturated carbocycles. The molecule has 6 heteroatoms. The van der Waals surface area contributed by atoms with Crippen LogP contribution in [0, 0.1) is 12.8 Å². The van der Waals surface area contributed by atoms with Crippen molar-refractivity contribution in [2.24, 2.45) is 5.92 Å². The molecule has 0 unspecified atom stereocenters. The first-order chi connectivity index (χ1) is 9.80. The van der Waals surface area contributed by atoms with Gasteiger partial charge in [0.25, 0.3) is 0 Å². The van der Waals surface area contributed by atoms with E-state index in [1.807, 2.05) is 23.8 Å². The summed E-state index contributed by atoms with van der Waals surface area (Å²) in [5.74, 6) is -0.377. The van der Waals surface area contributed by atoms with E-state index < -0.39 is 17.8 Å². The summed E-state index contributed by atoms with van der Waals surface area (Å²) in [4.78, 5) is 8.45. The number of fused-ring (bicyclic) bond motifs is 1. The van der Waals surface area contributed by atoms with Crippen molar-refractivity contribution in [3.05, 3.63) is 24.3 Å². The number of aryl methyl sites for hydroxylation is 1. The van der Waals surface area contributed by atoms with Crippen LogP contribution in [0.5, 0.6) is 0 Å². The van der Waals surface area contributed by atoms with Crippen molar-refractivity contribution in [1.29, 1.82) is 0 Å². The molecule has 0 amide bonds. The molecule has 114 valence electrons. The number of hydrogen-bond acceptors (Lipinski definition) is 5. The van der Waals surface area contributed by atoms with Crippen LogP contribution in [0.3, 0.4) is 0 Å². The lowest BCUT2D eigenvalue weighted by Gasteiger charge is -2.28. The molecule has 0 aliphatic heterocycles. The van der Waals surface area contributed by atoms with Gasteiger partial charge in [-0.3, -0.25) is 0 Å². The molecule has 1 aliphatic rings. The molecule has 0 bridgehead atoms. The normalized spacial score (nSPS) is 30.2. The maximum absolute atomic E-state index is 10.4. The van der Waals surface area contributed by atoms with Gasteiger partial charge in [-0.1, -0.05) is 0 Å². The Bertz CT molecular complexity index is 662. The minimum atomic E-state index is -1.04. The second-order valence-corrected chi connectivity index (χ2v) is 6.46. The van der Waals surface area contributed by atoms with Gasteiger partial charge in [0.2, 0.25) is 0 Å². The second-order valence-electron chi connectivity index (χ2n) is 6.46. The highest BCUT2D eigenvalue weighted by atomic mass is 16.3. The summed E-state index contributed by atoms with van der Waals surface area (Å²) in [6, 6.07) is 1.62. The summed E-state index contributed by atoms with van der Waals surface area (Å²) < 4.78 is 1.88. The molecule has 21 heavy (non-hydrogen) atoms. The van der Waals surface area contributed by atoms with Crippen molar-refractivity contribution in [3.8, 4) is 0 Å². The molecule has 0 radical (unpaired) electrons. The summed E-state index contributed by atoms with van der Waals surface area (Å²) in [5, 5.41) is 31.7. The number of aliphatic hydroxyl groups excluding tert-OH is 2. The minimum Gasteiger partial charge on any atom is -0.390 e. The molecule has 2 aromatic rings. The zero-order valence-corrected chi connectivity index (χ0v) is 12.4. The van der Waals surface area contributed by atoms with Gasteiger partial charge in [0.15, 0.2) is 0 Å². The number of hydrogen-bond donors (Lipinski definition) is 3. The van der Waals surface area contributed by atoms with E-state index in [1.165, 1.54) is 6.33 Å². The molecule has 1 fully saturated rings. The SMILES string of the molecule is Cc1ncnc2c1ccn2[C@@H]1C[C@H](C(C)(C)O)[C@@H](O)[C@H]1O. The standard InChI is InChI=1S/C15H21N3O3/c1-8-9-4-5-18(14(9)17-7-16-8)11-6-10(15(2,3)21)12(19)13(11)20/h4-5,7,10-13,19-21H,6H2,1-3H3/t10-,11+,12+,13-/m0/s1. The van der Waals surface area contributed by atoms with Gasteiger partial charge in [-0.15, -0.1) is 0 Å². The van der Waals surface area contributed by atoms with Crippen molar-refractivity contribution in [2.75, 3.05) is 0 Å². The van der Waals surface area contributed by atoms with E-state index in [1.54, 1.807) is 13.8 Å². The Morgan fingerprint density at radius 2 is 1.95 bits per heavy atom. The molecular formula is C15H21N3O3. The topological polar surface area (TPSA) is 91.4 Å². The number of rotatable bonds is 2. The predicted molar refractivity (Wildman–Crippen MR) is 77.7 cm³/mol. The summed E-state index contributed by atoms with van der Waals surface area (Å²) in [6.07, 6.45) is 1.99. The summed E-state index contributed by atoms with van der Waals surface area (Å²) >= 11 is 0. The molecule has 2 heterocycles. The highest BCUT2D eigenvalue weighted by Gasteiger charge is 2.48. The van der Waals surface area contributed by atoms with Crippen LogP contribution in [0.1, 0.15) is 32.0 Å². The van der Waals surface area contributed by atoms with Gasteiger partial charge in [-0.2, -0.15) is 0 Å². The lowest BCUT2D eigenvalue weighted by atomic mass is 9.88. The zero-order chi connectivity index (χ0) is 15.4. The quantitative estimate of drug-likeness (QED) is 0.761. The van der Waals surface area contributed by atoms with Crippen LogP contribution in [0.25, 0.3) is 11.0 Å². The third kappa shape index (κ3) is 2.23. The summed E-state index contributed by atoms with van der Waals surface area (Å²) in [6.45, 7) is 5.24. The first kappa shape index (κ1) is 14.4. The largest absolute Gasteiger partial charge is 0.390 e. The highest BCUT2D eigenvalue weighted by molar-refractivity contribution is 5.78. The van der Waals surface area contributed by atoms with E-state index >= 15 is 0 Å². The van der Waals surface area contributed by atoms with Gasteiger partial charge in [0.05, 0.1) is 23.4 Å². The van der Waals surface area contributed by atoms with Crippen molar-refractivity contribution < 1.29 is 15.3 Å². The molecule has 6 nitrogen and oxygen atoms in total. The van der Waals surface area contributed by atoms with E-state index in [2.05, 4.69) is 9.97 Å². The van der Waals surface area contributed by atoms with Crippen LogP contribution in [0.4, 0.5) is 0 Å². The van der Waals surface area contributed by atoms with E-state index in [-0.39, 0.29) is 12.0 Å². The Morgan fingerprint density at radius 3 is 2.57 bits per heavy atom. The fraction of sp³-hybridized carbons (Fsp3) is 0.600. The average Bonchev–Trinajstić information content (AvgIpc) is 2.93. The van der Waals surface area contributed by atoms with Crippen LogP contribution >= 0.6 is 0 Å². The van der Waals surface area contributed by atoms with E-state index in [4.69, 9.17) is 0 Å². The van der Waals surface area contributed by atoms with Crippen LogP contribution in [0.15, 0.2) is 18.6 Å². The maximum Gasteiger partial charge on any atom is 0.143 e. The Balaban J connectivity index is 2.02. The Morgan fingerprint density at radius 1 is 1.24 bits per heavy atom. The van der Waals surface area contributed by atoms with Crippen molar-refractivity contribution in [1.82, 2.24) is 14.5 Å². The van der Waals surface area contributed by atoms with Crippen molar-refractivity contribution in [2.45, 2.75) is 51.0 Å². The second kappa shape index (κ2) is 4.76. The lowest BCUT2D eigenvalue weighted by Crippen LogP contribution is -2.39. The molecule has 2 aromatic heterocycles. The van der Waals surface area contributed by atoms with Gasteiger partial charge in [-0.25, -0.2) is 9.97 Å². The van der Waals surface area contributed by atoms with Crippen molar-refractivity contribution in [3.63, 3.8) is 0 Å². The van der Waals surface area contributed by atoms with E-state index in [9.17, 15) is 15.3 Å². The third-order valence-electron chi connectivity index (χ3n) is 4.62. The van der Waals surface area contributed by atoms with Crippen LogP contribution in [-0.4, -0.2) is 47.7 Å². The Hall–Kier alpha value is -1.50. The van der Waals surface area contributed by atoms with Crippen LogP contribution < -0.4 is 0 Å². The third-order valence-corrected chi connectivity index (χ3v) is 4.62. The summed E-state index contributed by atoms with van der Waals surface area (Å²) in [7, 11) is 0. The predicted octanol–water partition coefficient (Wildman–Crippen LogP) is 0.793. The smallest absolute Gasteiger partial charge is 0.143 e. The molecule has 1 aliphatic carbocycles. The maximum atomic E-state index is 10.4. The van der Waals surface area contributed by atoms with E-state index in [0.717, 1.165) is 16.7 Å². The Kier molecular flexibility index (Phi) is 3.27. The first-order valence-corrected chi connectivity index (χ1v) is 7.17. The van der Waals surface area contributed by atoms with E-state index in [0.29, 0.717) is 6.42 Å². The molecule has 0 saturated heterocycles. The highest BCUT2D eigenvalue weighted by Crippen LogP contribution is 2.42. The fourth-order valence-corrected chi connectivity index (χ4v) is 3.35. The summed E-state index contributed by atoms with van der Waals surface area (Å²) in [5.41, 5.74) is 0.587. The Labute approximate surface area is 123 Å². The lowest BCUT2D eigenvalue weighted by molar-refractivity contribution is -0.0615. The van der Waals surface area contributed by atoms with Gasteiger partial charge in [0.1, 0.15) is 18.1 Å². The van der Waals surface area contributed by atoms with Gasteiger partial charge in [0, 0.05) is 17.5 Å². The minimum absolute atomic E-state index is 0.303. The average molecular weight is 291 g/mol. The number of nitrogens with zero attached hydrogens (tertiary/aromatic N) is 3. The molecule has 4 atom stereocenters. The van der Waals surface area contributed by atoms with Gasteiger partial charge in [-0.05, 0) is 33.3 Å². The molecule has 3 rings (SSSR count). The first-order valence-electron chi connectivity index (χ1n) is 7.17. The van der Waals surface area contributed by atoms with Gasteiger partial charge < -0.3 is 19.9 Å². The number of aromatic nitrogens is 3. The van der Waals surface area contributed by atoms with Crippen LogP contribution in [0.2, 0.25) is 0 Å². The fourth-order valence-electron chi connectivity index (χ4n) is 3.35. The van der Waals surface area contributed by atoms with Crippen LogP contribution in [-0.2, 0) is 0 Å². The molecule has 0 aromatic carbocycles.